The molecule has 0 aromatic rings. The Balaban J connectivity index is 2.11. The smallest absolute Gasteiger partial charge is 0.325 e. The van der Waals surface area contributed by atoms with Gasteiger partial charge < -0.3 is 4.74 Å². The molecule has 2 fully saturated rings. The molecular weight excluding hydrogens is 178 g/mol. The molecule has 1 atom stereocenters. The number of likely N-dealkylation sites (tertiary alicyclic amines) is 1. The van der Waals surface area contributed by atoms with Crippen LogP contribution in [0.25, 0.3) is 0 Å². The Morgan fingerprint density at radius 2 is 2.14 bits per heavy atom. The van der Waals surface area contributed by atoms with Crippen LogP contribution in [-0.2, 0) is 9.53 Å². The number of ether oxygens (including phenoxy) is 1. The van der Waals surface area contributed by atoms with Crippen molar-refractivity contribution in [2.45, 2.75) is 50.6 Å². The summed E-state index contributed by atoms with van der Waals surface area (Å²) in [6.07, 6.45) is 5.91. The van der Waals surface area contributed by atoms with E-state index in [1.807, 2.05) is 6.92 Å². The molecule has 0 N–H and O–H groups in total. The summed E-state index contributed by atoms with van der Waals surface area (Å²) in [5.41, 5.74) is -0.333. The van der Waals surface area contributed by atoms with Gasteiger partial charge in [0, 0.05) is 6.04 Å². The lowest BCUT2D eigenvalue weighted by atomic mass is 9.87. The number of esters is 1. The van der Waals surface area contributed by atoms with Crippen LogP contribution in [0.1, 0.15) is 39.0 Å². The Kier molecular flexibility index (Phi) is 2.52. The van der Waals surface area contributed by atoms with Gasteiger partial charge in [-0.1, -0.05) is 6.42 Å². The molecule has 80 valence electrons. The van der Waals surface area contributed by atoms with Crippen LogP contribution in [0.4, 0.5) is 0 Å². The molecule has 0 amide bonds. The van der Waals surface area contributed by atoms with Crippen molar-refractivity contribution in [2.24, 2.45) is 0 Å². The van der Waals surface area contributed by atoms with Crippen molar-refractivity contribution in [3.63, 3.8) is 0 Å². The molecule has 3 heteroatoms. The summed E-state index contributed by atoms with van der Waals surface area (Å²) < 4.78 is 4.91. The zero-order valence-electron chi connectivity index (χ0n) is 9.08. The van der Waals surface area contributed by atoms with E-state index in [1.54, 1.807) is 0 Å². The van der Waals surface area contributed by atoms with Crippen LogP contribution in [0.2, 0.25) is 0 Å². The molecular formula is C11H19NO2. The standard InChI is InChI=1S/C11H19NO2/c1-11(10(13)14-2)7-4-8-12(11)9-5-3-6-9/h9H,3-8H2,1-2H3/t11-/m1/s1. The highest BCUT2D eigenvalue weighted by atomic mass is 16.5. The van der Waals surface area contributed by atoms with Crippen molar-refractivity contribution < 1.29 is 9.53 Å². The van der Waals surface area contributed by atoms with Gasteiger partial charge in [-0.2, -0.15) is 0 Å². The second kappa shape index (κ2) is 3.54. The molecule has 2 aliphatic rings. The zero-order valence-corrected chi connectivity index (χ0v) is 9.08. The fourth-order valence-electron chi connectivity index (χ4n) is 2.71. The van der Waals surface area contributed by atoms with Gasteiger partial charge in [0.1, 0.15) is 5.54 Å². The van der Waals surface area contributed by atoms with E-state index in [1.165, 1.54) is 26.4 Å². The molecule has 0 aromatic heterocycles. The number of nitrogens with zero attached hydrogens (tertiary/aromatic N) is 1. The average molecular weight is 197 g/mol. The van der Waals surface area contributed by atoms with Crippen LogP contribution in [0.5, 0.6) is 0 Å². The summed E-state index contributed by atoms with van der Waals surface area (Å²) in [4.78, 5) is 14.1. The quantitative estimate of drug-likeness (QED) is 0.629. The molecule has 2 rings (SSSR count). The fourth-order valence-corrected chi connectivity index (χ4v) is 2.71. The second-order valence-corrected chi connectivity index (χ2v) is 4.65. The number of hydrogen-bond acceptors (Lipinski definition) is 3. The Bertz CT molecular complexity index is 237. The van der Waals surface area contributed by atoms with E-state index < -0.39 is 0 Å². The van der Waals surface area contributed by atoms with E-state index in [0.29, 0.717) is 6.04 Å². The number of carbonyl (C=O) groups is 1. The summed E-state index contributed by atoms with van der Waals surface area (Å²) in [5, 5.41) is 0. The molecule has 3 nitrogen and oxygen atoms in total. The summed E-state index contributed by atoms with van der Waals surface area (Å²) >= 11 is 0. The Morgan fingerprint density at radius 3 is 2.64 bits per heavy atom. The number of methoxy groups -OCH3 is 1. The molecule has 1 aliphatic heterocycles. The summed E-state index contributed by atoms with van der Waals surface area (Å²) in [6, 6.07) is 0.640. The first-order valence-electron chi connectivity index (χ1n) is 5.53. The lowest BCUT2D eigenvalue weighted by Gasteiger charge is -2.42. The first-order valence-corrected chi connectivity index (χ1v) is 5.53. The van der Waals surface area contributed by atoms with Gasteiger partial charge in [0.2, 0.25) is 0 Å². The van der Waals surface area contributed by atoms with Crippen LogP contribution >= 0.6 is 0 Å². The minimum absolute atomic E-state index is 0.0538. The third kappa shape index (κ3) is 1.34. The largest absolute Gasteiger partial charge is 0.468 e. The zero-order chi connectivity index (χ0) is 10.2. The second-order valence-electron chi connectivity index (χ2n) is 4.65. The fraction of sp³-hybridized carbons (Fsp3) is 0.909. The lowest BCUT2D eigenvalue weighted by Crippen LogP contribution is -2.55. The molecule has 1 aliphatic carbocycles. The van der Waals surface area contributed by atoms with Crippen molar-refractivity contribution in [3.8, 4) is 0 Å². The minimum Gasteiger partial charge on any atom is -0.468 e. The molecule has 1 saturated carbocycles. The van der Waals surface area contributed by atoms with Crippen molar-refractivity contribution in [1.82, 2.24) is 4.90 Å². The van der Waals surface area contributed by atoms with Crippen molar-refractivity contribution in [3.05, 3.63) is 0 Å². The van der Waals surface area contributed by atoms with Gasteiger partial charge in [-0.15, -0.1) is 0 Å². The van der Waals surface area contributed by atoms with E-state index in [4.69, 9.17) is 4.74 Å². The third-order valence-electron chi connectivity index (χ3n) is 3.84. The Hall–Kier alpha value is -0.570. The number of hydrogen-bond donors (Lipinski definition) is 0. The number of rotatable bonds is 2. The van der Waals surface area contributed by atoms with Gasteiger partial charge in [0.25, 0.3) is 0 Å². The topological polar surface area (TPSA) is 29.5 Å². The molecule has 0 bridgehead atoms. The molecule has 0 aromatic carbocycles. The third-order valence-corrected chi connectivity index (χ3v) is 3.84. The van der Waals surface area contributed by atoms with Gasteiger partial charge in [-0.25, -0.2) is 0 Å². The Labute approximate surface area is 85.4 Å². The molecule has 0 radical (unpaired) electrons. The summed E-state index contributed by atoms with van der Waals surface area (Å²) in [6.45, 7) is 3.10. The van der Waals surface area contributed by atoms with Crippen molar-refractivity contribution in [2.75, 3.05) is 13.7 Å². The normalized spacial score (nSPS) is 34.1. The first-order chi connectivity index (χ1) is 6.68. The summed E-state index contributed by atoms with van der Waals surface area (Å²) in [5.74, 6) is -0.0538. The van der Waals surface area contributed by atoms with E-state index in [0.717, 1.165) is 19.4 Å². The molecule has 1 heterocycles. The van der Waals surface area contributed by atoms with Crippen LogP contribution in [-0.4, -0.2) is 36.1 Å². The van der Waals surface area contributed by atoms with Crippen molar-refractivity contribution >= 4 is 5.97 Å². The van der Waals surface area contributed by atoms with E-state index in [2.05, 4.69) is 4.90 Å². The predicted molar refractivity (Wildman–Crippen MR) is 54.0 cm³/mol. The maximum atomic E-state index is 11.7. The van der Waals surface area contributed by atoms with E-state index in [-0.39, 0.29) is 11.5 Å². The van der Waals surface area contributed by atoms with Crippen LogP contribution < -0.4 is 0 Å². The monoisotopic (exact) mass is 197 g/mol. The SMILES string of the molecule is COC(=O)[C@@]1(C)CCCN1C1CCC1. The molecule has 14 heavy (non-hydrogen) atoms. The maximum Gasteiger partial charge on any atom is 0.325 e. The summed E-state index contributed by atoms with van der Waals surface area (Å²) in [7, 11) is 1.49. The molecule has 0 unspecified atom stereocenters. The molecule has 0 spiro atoms. The maximum absolute atomic E-state index is 11.7. The van der Waals surface area contributed by atoms with E-state index >= 15 is 0 Å². The van der Waals surface area contributed by atoms with E-state index in [9.17, 15) is 4.79 Å². The predicted octanol–water partition coefficient (Wildman–Crippen LogP) is 1.57. The minimum atomic E-state index is -0.333. The van der Waals surface area contributed by atoms with Gasteiger partial charge in [-0.3, -0.25) is 9.69 Å². The highest BCUT2D eigenvalue weighted by molar-refractivity contribution is 5.80. The molecule has 1 saturated heterocycles. The number of carbonyl (C=O) groups excluding carboxylic acids is 1. The highest BCUT2D eigenvalue weighted by Crippen LogP contribution is 2.38. The Morgan fingerprint density at radius 1 is 1.43 bits per heavy atom. The van der Waals surface area contributed by atoms with Gasteiger partial charge in [0.05, 0.1) is 7.11 Å². The van der Waals surface area contributed by atoms with Crippen LogP contribution in [0.3, 0.4) is 0 Å². The van der Waals surface area contributed by atoms with Gasteiger partial charge in [-0.05, 0) is 39.2 Å². The van der Waals surface area contributed by atoms with Crippen molar-refractivity contribution in [1.29, 1.82) is 0 Å². The van der Waals surface area contributed by atoms with Crippen LogP contribution in [0.15, 0.2) is 0 Å². The first kappa shape index (κ1) is 9.97. The van der Waals surface area contributed by atoms with Gasteiger partial charge >= 0.3 is 5.97 Å². The average Bonchev–Trinajstić information content (AvgIpc) is 2.46. The van der Waals surface area contributed by atoms with Gasteiger partial charge in [0.15, 0.2) is 0 Å². The highest BCUT2D eigenvalue weighted by Gasteiger charge is 2.48. The lowest BCUT2D eigenvalue weighted by molar-refractivity contribution is -0.154. The van der Waals surface area contributed by atoms with Crippen LogP contribution in [0, 0.1) is 0 Å².